The van der Waals surface area contributed by atoms with E-state index in [1.807, 2.05) is 6.92 Å². The van der Waals surface area contributed by atoms with Crippen LogP contribution < -0.4 is 11.3 Å². The largest absolute Gasteiger partial charge is 0.370 e. The van der Waals surface area contributed by atoms with E-state index in [0.29, 0.717) is 29.8 Å². The predicted molar refractivity (Wildman–Crippen MR) is 95.3 cm³/mol. The molecule has 2 N–H and O–H groups in total. The van der Waals surface area contributed by atoms with E-state index in [0.717, 1.165) is 29.5 Å². The van der Waals surface area contributed by atoms with Crippen molar-refractivity contribution in [3.8, 4) is 0 Å². The minimum atomic E-state index is -0.329. The second kappa shape index (κ2) is 6.65. The second-order valence-corrected chi connectivity index (χ2v) is 8.19. The van der Waals surface area contributed by atoms with Gasteiger partial charge < -0.3 is 5.73 Å². The molecule has 0 spiro atoms. The molecular formula is C16H21N3O2S2. The molecule has 1 aliphatic carbocycles. The molecule has 0 unspecified atom stereocenters. The van der Waals surface area contributed by atoms with E-state index >= 15 is 0 Å². The topological polar surface area (TPSA) is 78.0 Å². The molecule has 3 rings (SSSR count). The van der Waals surface area contributed by atoms with Crippen molar-refractivity contribution in [1.29, 1.82) is 0 Å². The van der Waals surface area contributed by atoms with Gasteiger partial charge >= 0.3 is 0 Å². The highest BCUT2D eigenvalue weighted by Gasteiger charge is 2.24. The fourth-order valence-corrected chi connectivity index (χ4v) is 5.48. The van der Waals surface area contributed by atoms with Gasteiger partial charge in [0.15, 0.2) is 5.16 Å². The van der Waals surface area contributed by atoms with Crippen molar-refractivity contribution in [2.24, 2.45) is 11.7 Å². The average Bonchev–Trinajstić information content (AvgIpc) is 2.84. The summed E-state index contributed by atoms with van der Waals surface area (Å²) in [6.45, 7) is 4.80. The Morgan fingerprint density at radius 1 is 1.52 bits per heavy atom. The van der Waals surface area contributed by atoms with E-state index in [-0.39, 0.29) is 11.5 Å². The SMILES string of the molecule is CCn1c(SCCC(N)=O)nc2sc3c(c2c1=O)CC[C@@H](C)C3. The minimum absolute atomic E-state index is 0.0612. The van der Waals surface area contributed by atoms with Crippen LogP contribution in [0, 0.1) is 5.92 Å². The fourth-order valence-electron chi connectivity index (χ4n) is 3.04. The van der Waals surface area contributed by atoms with Crippen molar-refractivity contribution in [3.63, 3.8) is 0 Å². The number of fused-ring (bicyclic) bond motifs is 3. The van der Waals surface area contributed by atoms with E-state index in [1.165, 1.54) is 22.2 Å². The van der Waals surface area contributed by atoms with Gasteiger partial charge in [-0.1, -0.05) is 18.7 Å². The van der Waals surface area contributed by atoms with Crippen molar-refractivity contribution in [2.75, 3.05) is 5.75 Å². The van der Waals surface area contributed by atoms with Crippen LogP contribution in [0.2, 0.25) is 0 Å². The lowest BCUT2D eigenvalue weighted by atomic mass is 9.89. The van der Waals surface area contributed by atoms with Gasteiger partial charge in [-0.2, -0.15) is 0 Å². The Hall–Kier alpha value is -1.34. The zero-order chi connectivity index (χ0) is 16.6. The van der Waals surface area contributed by atoms with Gasteiger partial charge in [-0.3, -0.25) is 14.2 Å². The number of carbonyl (C=O) groups is 1. The second-order valence-electron chi connectivity index (χ2n) is 6.04. The highest BCUT2D eigenvalue weighted by molar-refractivity contribution is 7.99. The standard InChI is InChI=1S/C16H21N3O2S2/c1-3-19-15(21)13-10-5-4-9(2)8-11(10)23-14(13)18-16(19)22-7-6-12(17)20/h9H,3-8H2,1-2H3,(H2,17,20)/t9-/m1/s1. The smallest absolute Gasteiger partial charge is 0.263 e. The molecule has 0 aromatic carbocycles. The molecule has 23 heavy (non-hydrogen) atoms. The molecule has 0 saturated carbocycles. The molecular weight excluding hydrogens is 330 g/mol. The first-order valence-electron chi connectivity index (χ1n) is 7.97. The first-order chi connectivity index (χ1) is 11.0. The van der Waals surface area contributed by atoms with Crippen LogP contribution in [0.3, 0.4) is 0 Å². The highest BCUT2D eigenvalue weighted by Crippen LogP contribution is 2.36. The normalized spacial score (nSPS) is 17.4. The summed E-state index contributed by atoms with van der Waals surface area (Å²) in [7, 11) is 0. The molecule has 2 aromatic heterocycles. The van der Waals surface area contributed by atoms with Gasteiger partial charge in [0.2, 0.25) is 5.91 Å². The monoisotopic (exact) mass is 351 g/mol. The number of thiophene rings is 1. The van der Waals surface area contributed by atoms with Crippen LogP contribution >= 0.6 is 23.1 Å². The summed E-state index contributed by atoms with van der Waals surface area (Å²) in [4.78, 5) is 30.7. The maximum absolute atomic E-state index is 12.9. The molecule has 1 aliphatic rings. The molecule has 0 aliphatic heterocycles. The van der Waals surface area contributed by atoms with Gasteiger partial charge in [0.25, 0.3) is 5.56 Å². The summed E-state index contributed by atoms with van der Waals surface area (Å²) in [5.74, 6) is 0.896. The molecule has 1 amide bonds. The van der Waals surface area contributed by atoms with Crippen LogP contribution in [0.4, 0.5) is 0 Å². The van der Waals surface area contributed by atoms with Gasteiger partial charge in [0, 0.05) is 23.6 Å². The quantitative estimate of drug-likeness (QED) is 0.663. The zero-order valence-electron chi connectivity index (χ0n) is 13.4. The van der Waals surface area contributed by atoms with E-state index in [9.17, 15) is 9.59 Å². The Balaban J connectivity index is 2.05. The number of aromatic nitrogens is 2. The summed E-state index contributed by atoms with van der Waals surface area (Å²) in [5, 5.41) is 1.51. The van der Waals surface area contributed by atoms with E-state index in [1.54, 1.807) is 15.9 Å². The minimum Gasteiger partial charge on any atom is -0.370 e. The molecule has 124 valence electrons. The lowest BCUT2D eigenvalue weighted by Crippen LogP contribution is -2.23. The highest BCUT2D eigenvalue weighted by atomic mass is 32.2. The number of hydrogen-bond donors (Lipinski definition) is 1. The third kappa shape index (κ3) is 3.17. The van der Waals surface area contributed by atoms with Crippen LogP contribution in [0.15, 0.2) is 9.95 Å². The number of rotatable bonds is 5. The Labute approximate surface area is 143 Å². The summed E-state index contributed by atoms with van der Waals surface area (Å²) in [6.07, 6.45) is 3.46. The lowest BCUT2D eigenvalue weighted by Gasteiger charge is -2.17. The van der Waals surface area contributed by atoms with Crippen LogP contribution in [-0.2, 0) is 24.2 Å². The maximum atomic E-state index is 12.9. The molecule has 7 heteroatoms. The summed E-state index contributed by atoms with van der Waals surface area (Å²) < 4.78 is 1.72. The average molecular weight is 351 g/mol. The summed E-state index contributed by atoms with van der Waals surface area (Å²) >= 11 is 3.09. The van der Waals surface area contributed by atoms with Gasteiger partial charge in [-0.25, -0.2) is 4.98 Å². The molecule has 2 heterocycles. The molecule has 0 radical (unpaired) electrons. The molecule has 1 atom stereocenters. The molecule has 0 saturated heterocycles. The van der Waals surface area contributed by atoms with Crippen molar-refractivity contribution in [1.82, 2.24) is 9.55 Å². The zero-order valence-corrected chi connectivity index (χ0v) is 15.1. The number of aryl methyl sites for hydroxylation is 1. The number of carbonyl (C=O) groups excluding carboxylic acids is 1. The van der Waals surface area contributed by atoms with Crippen molar-refractivity contribution < 1.29 is 4.79 Å². The summed E-state index contributed by atoms with van der Waals surface area (Å²) in [6, 6.07) is 0. The summed E-state index contributed by atoms with van der Waals surface area (Å²) in [5.41, 5.74) is 6.47. The fraction of sp³-hybridized carbons (Fsp3) is 0.562. The van der Waals surface area contributed by atoms with Crippen LogP contribution in [-0.4, -0.2) is 21.2 Å². The van der Waals surface area contributed by atoms with E-state index < -0.39 is 0 Å². The number of nitrogens with two attached hydrogens (primary N) is 1. The first-order valence-corrected chi connectivity index (χ1v) is 9.77. The number of thioether (sulfide) groups is 1. The van der Waals surface area contributed by atoms with Crippen LogP contribution in [0.1, 0.15) is 37.1 Å². The maximum Gasteiger partial charge on any atom is 0.263 e. The lowest BCUT2D eigenvalue weighted by molar-refractivity contribution is -0.117. The third-order valence-corrected chi connectivity index (χ3v) is 6.40. The van der Waals surface area contributed by atoms with E-state index in [2.05, 4.69) is 6.92 Å². The Morgan fingerprint density at radius 3 is 3.00 bits per heavy atom. The van der Waals surface area contributed by atoms with Gasteiger partial charge in [0.05, 0.1) is 5.39 Å². The van der Waals surface area contributed by atoms with E-state index in [4.69, 9.17) is 10.7 Å². The predicted octanol–water partition coefficient (Wildman–Crippen LogP) is 2.57. The van der Waals surface area contributed by atoms with Crippen molar-refractivity contribution >= 4 is 39.2 Å². The van der Waals surface area contributed by atoms with Crippen LogP contribution in [0.5, 0.6) is 0 Å². The van der Waals surface area contributed by atoms with Gasteiger partial charge in [-0.15, -0.1) is 11.3 Å². The first kappa shape index (κ1) is 16.5. The van der Waals surface area contributed by atoms with Crippen LogP contribution in [0.25, 0.3) is 10.2 Å². The Morgan fingerprint density at radius 2 is 2.30 bits per heavy atom. The number of primary amides is 1. The number of amides is 1. The van der Waals surface area contributed by atoms with Gasteiger partial charge in [-0.05, 0) is 37.7 Å². The van der Waals surface area contributed by atoms with Gasteiger partial charge in [0.1, 0.15) is 4.83 Å². The molecule has 5 nitrogen and oxygen atoms in total. The molecule has 0 fully saturated rings. The Bertz CT molecular complexity index is 810. The number of nitrogens with zero attached hydrogens (tertiary/aromatic N) is 2. The molecule has 2 aromatic rings. The van der Waals surface area contributed by atoms with Crippen molar-refractivity contribution in [2.45, 2.75) is 51.2 Å². The molecule has 0 bridgehead atoms. The Kier molecular flexibility index (Phi) is 4.77. The number of hydrogen-bond acceptors (Lipinski definition) is 5. The van der Waals surface area contributed by atoms with Crippen molar-refractivity contribution in [3.05, 3.63) is 20.8 Å². The third-order valence-electron chi connectivity index (χ3n) is 4.28.